The third-order valence-electron chi connectivity index (χ3n) is 2.44. The van der Waals surface area contributed by atoms with Crippen LogP contribution < -0.4 is 5.73 Å². The zero-order chi connectivity index (χ0) is 8.55. The van der Waals surface area contributed by atoms with E-state index in [4.69, 9.17) is 11.0 Å². The van der Waals surface area contributed by atoms with Crippen molar-refractivity contribution < 1.29 is 0 Å². The van der Waals surface area contributed by atoms with Crippen LogP contribution in [0.15, 0.2) is 18.2 Å². The molecule has 1 aliphatic rings. The lowest BCUT2D eigenvalue weighted by molar-refractivity contribution is 0.713. The fourth-order valence-electron chi connectivity index (χ4n) is 1.79. The van der Waals surface area contributed by atoms with Gasteiger partial charge in [0, 0.05) is 6.04 Å². The smallest absolute Gasteiger partial charge is 0.0994 e. The van der Waals surface area contributed by atoms with Crippen LogP contribution in [0.5, 0.6) is 0 Å². The molecule has 2 heteroatoms. The lowest BCUT2D eigenvalue weighted by Crippen LogP contribution is -2.04. The predicted molar refractivity (Wildman–Crippen MR) is 53.1 cm³/mol. The van der Waals surface area contributed by atoms with Gasteiger partial charge in [-0.3, -0.25) is 0 Å². The predicted octanol–water partition coefficient (Wildman–Crippen LogP) is 2.14. The average Bonchev–Trinajstić information content (AvgIpc) is 2.48. The Bertz CT molecular complexity index is 350. The van der Waals surface area contributed by atoms with Crippen molar-refractivity contribution in [2.75, 3.05) is 0 Å². The van der Waals surface area contributed by atoms with Gasteiger partial charge >= 0.3 is 0 Å². The molecule has 1 aromatic carbocycles. The van der Waals surface area contributed by atoms with Gasteiger partial charge in [0.15, 0.2) is 0 Å². The first-order chi connectivity index (χ1) is 5.83. The molecule has 2 N–H and O–H groups in total. The molecule has 0 amide bonds. The van der Waals surface area contributed by atoms with Gasteiger partial charge in [0.2, 0.25) is 0 Å². The minimum absolute atomic E-state index is 0. The molecule has 0 spiro atoms. The third-order valence-corrected chi connectivity index (χ3v) is 2.44. The van der Waals surface area contributed by atoms with E-state index in [0.717, 1.165) is 29.5 Å². The van der Waals surface area contributed by atoms with E-state index in [2.05, 4.69) is 6.07 Å². The SMILES string of the molecule is C.N#Cc1cccc2c1CC[C@@H]2N. The van der Waals surface area contributed by atoms with Crippen LogP contribution in [-0.2, 0) is 6.42 Å². The van der Waals surface area contributed by atoms with Gasteiger partial charge in [-0.05, 0) is 30.0 Å². The van der Waals surface area contributed by atoms with Crippen LogP contribution in [0.25, 0.3) is 0 Å². The number of hydrogen-bond acceptors (Lipinski definition) is 2. The van der Waals surface area contributed by atoms with Gasteiger partial charge < -0.3 is 5.73 Å². The quantitative estimate of drug-likeness (QED) is 0.655. The summed E-state index contributed by atoms with van der Waals surface area (Å²) in [5.74, 6) is 0. The molecule has 68 valence electrons. The van der Waals surface area contributed by atoms with Crippen LogP contribution in [0.3, 0.4) is 0 Å². The van der Waals surface area contributed by atoms with Crippen molar-refractivity contribution in [2.24, 2.45) is 5.73 Å². The molecular formula is C11H14N2. The lowest BCUT2D eigenvalue weighted by Gasteiger charge is -2.03. The molecule has 0 aliphatic heterocycles. The Hall–Kier alpha value is -1.33. The van der Waals surface area contributed by atoms with E-state index in [1.807, 2.05) is 18.2 Å². The molecule has 0 heterocycles. The van der Waals surface area contributed by atoms with Crippen molar-refractivity contribution in [3.05, 3.63) is 34.9 Å². The monoisotopic (exact) mass is 174 g/mol. The van der Waals surface area contributed by atoms with Crippen molar-refractivity contribution in [1.82, 2.24) is 0 Å². The van der Waals surface area contributed by atoms with Crippen LogP contribution in [-0.4, -0.2) is 0 Å². The topological polar surface area (TPSA) is 49.8 Å². The van der Waals surface area contributed by atoms with Crippen LogP contribution in [0, 0.1) is 11.3 Å². The minimum atomic E-state index is 0. The Morgan fingerprint density at radius 1 is 1.46 bits per heavy atom. The molecule has 2 nitrogen and oxygen atoms in total. The molecule has 0 aromatic heterocycles. The summed E-state index contributed by atoms with van der Waals surface area (Å²) in [6.07, 6.45) is 1.94. The minimum Gasteiger partial charge on any atom is -0.324 e. The van der Waals surface area contributed by atoms with Crippen molar-refractivity contribution in [1.29, 1.82) is 5.26 Å². The molecule has 1 aliphatic carbocycles. The van der Waals surface area contributed by atoms with Gasteiger partial charge in [0.25, 0.3) is 0 Å². The fraction of sp³-hybridized carbons (Fsp3) is 0.364. The van der Waals surface area contributed by atoms with Crippen LogP contribution in [0.1, 0.15) is 36.6 Å². The van der Waals surface area contributed by atoms with Gasteiger partial charge in [0.05, 0.1) is 11.6 Å². The first kappa shape index (κ1) is 9.76. The molecule has 0 fully saturated rings. The van der Waals surface area contributed by atoms with Crippen LogP contribution in [0.4, 0.5) is 0 Å². The Balaban J connectivity index is 0.000000845. The first-order valence-corrected chi connectivity index (χ1v) is 4.10. The summed E-state index contributed by atoms with van der Waals surface area (Å²) in [5, 5.41) is 8.80. The number of rotatable bonds is 0. The number of nitriles is 1. The van der Waals surface area contributed by atoms with Crippen molar-refractivity contribution >= 4 is 0 Å². The average molecular weight is 174 g/mol. The second-order valence-electron chi connectivity index (χ2n) is 3.13. The van der Waals surface area contributed by atoms with Crippen LogP contribution >= 0.6 is 0 Å². The molecule has 1 aromatic rings. The maximum Gasteiger partial charge on any atom is 0.0994 e. The van der Waals surface area contributed by atoms with E-state index < -0.39 is 0 Å². The van der Waals surface area contributed by atoms with E-state index in [1.54, 1.807) is 0 Å². The summed E-state index contributed by atoms with van der Waals surface area (Å²) >= 11 is 0. The zero-order valence-corrected chi connectivity index (χ0v) is 6.75. The molecule has 2 rings (SSSR count). The number of fused-ring (bicyclic) bond motifs is 1. The van der Waals surface area contributed by atoms with Crippen molar-refractivity contribution in [2.45, 2.75) is 26.3 Å². The summed E-state index contributed by atoms with van der Waals surface area (Å²) in [6.45, 7) is 0. The van der Waals surface area contributed by atoms with E-state index in [9.17, 15) is 0 Å². The number of nitrogens with two attached hydrogens (primary N) is 1. The number of hydrogen-bond donors (Lipinski definition) is 1. The summed E-state index contributed by atoms with van der Waals surface area (Å²) < 4.78 is 0. The Morgan fingerprint density at radius 2 is 2.23 bits per heavy atom. The molecule has 0 saturated heterocycles. The molecule has 0 radical (unpaired) electrons. The van der Waals surface area contributed by atoms with Crippen LogP contribution in [0.2, 0.25) is 0 Å². The summed E-state index contributed by atoms with van der Waals surface area (Å²) in [4.78, 5) is 0. The Kier molecular flexibility index (Phi) is 2.69. The first-order valence-electron chi connectivity index (χ1n) is 4.10. The maximum absolute atomic E-state index is 8.80. The number of benzene rings is 1. The second kappa shape index (κ2) is 3.59. The molecule has 1 atom stereocenters. The normalized spacial score (nSPS) is 18.6. The summed E-state index contributed by atoms with van der Waals surface area (Å²) in [7, 11) is 0. The molecule has 0 bridgehead atoms. The lowest BCUT2D eigenvalue weighted by atomic mass is 10.0. The summed E-state index contributed by atoms with van der Waals surface area (Å²) in [5.41, 5.74) is 8.97. The van der Waals surface area contributed by atoms with E-state index in [-0.39, 0.29) is 13.5 Å². The van der Waals surface area contributed by atoms with E-state index in [1.165, 1.54) is 0 Å². The summed E-state index contributed by atoms with van der Waals surface area (Å²) in [6, 6.07) is 8.12. The van der Waals surface area contributed by atoms with Crippen molar-refractivity contribution in [3.63, 3.8) is 0 Å². The van der Waals surface area contributed by atoms with Crippen molar-refractivity contribution in [3.8, 4) is 6.07 Å². The molecule has 0 saturated carbocycles. The second-order valence-corrected chi connectivity index (χ2v) is 3.13. The molecule has 13 heavy (non-hydrogen) atoms. The van der Waals surface area contributed by atoms with Gasteiger partial charge in [-0.2, -0.15) is 5.26 Å². The van der Waals surface area contributed by atoms with Gasteiger partial charge in [-0.15, -0.1) is 0 Å². The highest BCUT2D eigenvalue weighted by Crippen LogP contribution is 2.30. The molecular weight excluding hydrogens is 160 g/mol. The van der Waals surface area contributed by atoms with Gasteiger partial charge in [0.1, 0.15) is 0 Å². The number of nitrogens with zero attached hydrogens (tertiary/aromatic N) is 1. The van der Waals surface area contributed by atoms with E-state index in [0.29, 0.717) is 0 Å². The third kappa shape index (κ3) is 1.43. The fourth-order valence-corrected chi connectivity index (χ4v) is 1.79. The Morgan fingerprint density at radius 3 is 2.92 bits per heavy atom. The maximum atomic E-state index is 8.80. The van der Waals surface area contributed by atoms with Gasteiger partial charge in [-0.25, -0.2) is 0 Å². The largest absolute Gasteiger partial charge is 0.324 e. The highest BCUT2D eigenvalue weighted by molar-refractivity contribution is 5.46. The standard InChI is InChI=1S/C10H10N2.CH4/c11-6-7-2-1-3-9-8(7)4-5-10(9)12;/h1-3,10H,4-5,12H2;1H4/t10-;/m0./s1. The molecule has 0 unspecified atom stereocenters. The highest BCUT2D eigenvalue weighted by Gasteiger charge is 2.20. The van der Waals surface area contributed by atoms with Gasteiger partial charge in [-0.1, -0.05) is 19.6 Å². The highest BCUT2D eigenvalue weighted by atomic mass is 14.6. The Labute approximate surface area is 79.0 Å². The zero-order valence-electron chi connectivity index (χ0n) is 6.75. The van der Waals surface area contributed by atoms with E-state index >= 15 is 0 Å².